The van der Waals surface area contributed by atoms with Gasteiger partial charge in [0.1, 0.15) is 11.5 Å². The molecule has 2 aromatic heterocycles. The largest absolute Gasteiger partial charge is 0.307 e. The van der Waals surface area contributed by atoms with Gasteiger partial charge in [-0.3, -0.25) is 4.79 Å². The Labute approximate surface area is 95.7 Å². The van der Waals surface area contributed by atoms with Crippen LogP contribution in [0.4, 0.5) is 4.39 Å². The van der Waals surface area contributed by atoms with Crippen LogP contribution in [0, 0.1) is 5.82 Å². The Kier molecular flexibility index (Phi) is 2.22. The van der Waals surface area contributed by atoms with Gasteiger partial charge in [-0.15, -0.1) is 0 Å². The van der Waals surface area contributed by atoms with E-state index in [4.69, 9.17) is 0 Å². The van der Waals surface area contributed by atoms with E-state index in [1.54, 1.807) is 0 Å². The molecule has 6 heteroatoms. The lowest BCUT2D eigenvalue weighted by Gasteiger charge is -2.02. The minimum Gasteiger partial charge on any atom is -0.307 e. The smallest absolute Gasteiger partial charge is 0.256 e. The summed E-state index contributed by atoms with van der Waals surface area (Å²) in [7, 11) is 0. The molecular weight excluding hydrogens is 223 g/mol. The molecule has 0 saturated carbocycles. The molecular formula is C11H9FN4O. The first-order chi connectivity index (χ1) is 8.24. The molecule has 0 fully saturated rings. The number of halogens is 1. The molecule has 0 aromatic carbocycles. The molecule has 2 N–H and O–H groups in total. The Hall–Kier alpha value is -2.08. The van der Waals surface area contributed by atoms with E-state index in [0.29, 0.717) is 30.2 Å². The Morgan fingerprint density at radius 1 is 1.29 bits per heavy atom. The minimum absolute atomic E-state index is 0.166. The molecule has 0 unspecified atom stereocenters. The fraction of sp³-hybridized carbons (Fsp3) is 0.182. The van der Waals surface area contributed by atoms with Crippen LogP contribution in [0.1, 0.15) is 11.3 Å². The van der Waals surface area contributed by atoms with E-state index in [1.165, 1.54) is 12.1 Å². The normalized spacial score (nSPS) is 13.7. The first kappa shape index (κ1) is 10.1. The molecule has 5 nitrogen and oxygen atoms in total. The minimum atomic E-state index is -0.418. The van der Waals surface area contributed by atoms with Crippen molar-refractivity contribution >= 4 is 0 Å². The molecule has 2 aromatic rings. The topological polar surface area (TPSA) is 70.7 Å². The maximum atomic E-state index is 12.7. The standard InChI is InChI=1S/C11H9FN4O/c12-6-1-2-8(14-3-6)10-15-9-5-13-4-7(9)11(17)16-10/h1-3,13H,4-5H2,(H,15,16,17). The zero-order valence-corrected chi connectivity index (χ0v) is 8.83. The van der Waals surface area contributed by atoms with Gasteiger partial charge in [0.05, 0.1) is 17.5 Å². The summed E-state index contributed by atoms with van der Waals surface area (Å²) in [6.45, 7) is 1.11. The van der Waals surface area contributed by atoms with Crippen molar-refractivity contribution in [3.63, 3.8) is 0 Å². The number of rotatable bonds is 1. The number of H-pyrrole nitrogens is 1. The zero-order valence-electron chi connectivity index (χ0n) is 8.83. The van der Waals surface area contributed by atoms with Crippen LogP contribution in [0.5, 0.6) is 0 Å². The third kappa shape index (κ3) is 1.72. The van der Waals surface area contributed by atoms with Gasteiger partial charge in [-0.25, -0.2) is 14.4 Å². The number of aromatic nitrogens is 3. The lowest BCUT2D eigenvalue weighted by atomic mass is 10.2. The first-order valence-electron chi connectivity index (χ1n) is 5.19. The second-order valence-corrected chi connectivity index (χ2v) is 3.80. The lowest BCUT2D eigenvalue weighted by molar-refractivity contribution is 0.621. The van der Waals surface area contributed by atoms with Crippen LogP contribution in [-0.2, 0) is 13.1 Å². The second kappa shape index (κ2) is 3.74. The molecule has 0 radical (unpaired) electrons. The second-order valence-electron chi connectivity index (χ2n) is 3.80. The number of nitrogens with one attached hydrogen (secondary N) is 2. The number of fused-ring (bicyclic) bond motifs is 1. The van der Waals surface area contributed by atoms with Gasteiger partial charge in [0.25, 0.3) is 5.56 Å². The maximum absolute atomic E-state index is 12.7. The summed E-state index contributed by atoms with van der Waals surface area (Å²) in [5, 5.41) is 3.05. The molecule has 17 heavy (non-hydrogen) atoms. The predicted octanol–water partition coefficient (Wildman–Crippen LogP) is 0.574. The molecule has 3 heterocycles. The van der Waals surface area contributed by atoms with Crippen LogP contribution in [0.2, 0.25) is 0 Å². The van der Waals surface area contributed by atoms with Gasteiger partial charge < -0.3 is 10.3 Å². The monoisotopic (exact) mass is 232 g/mol. The van der Waals surface area contributed by atoms with Crippen molar-refractivity contribution in [2.24, 2.45) is 0 Å². The Balaban J connectivity index is 2.13. The van der Waals surface area contributed by atoms with Crippen molar-refractivity contribution in [3.05, 3.63) is 45.8 Å². The summed E-state index contributed by atoms with van der Waals surface area (Å²) in [5.74, 6) is -0.0450. The summed E-state index contributed by atoms with van der Waals surface area (Å²) in [6, 6.07) is 2.77. The van der Waals surface area contributed by atoms with Gasteiger partial charge in [-0.05, 0) is 12.1 Å². The molecule has 1 aliphatic heterocycles. The zero-order chi connectivity index (χ0) is 11.8. The van der Waals surface area contributed by atoms with E-state index in [-0.39, 0.29) is 5.56 Å². The van der Waals surface area contributed by atoms with Crippen LogP contribution < -0.4 is 10.9 Å². The van der Waals surface area contributed by atoms with Gasteiger partial charge >= 0.3 is 0 Å². The van der Waals surface area contributed by atoms with Crippen molar-refractivity contribution in [2.75, 3.05) is 0 Å². The van der Waals surface area contributed by atoms with Crippen molar-refractivity contribution in [1.82, 2.24) is 20.3 Å². The van der Waals surface area contributed by atoms with Crippen LogP contribution in [0.15, 0.2) is 23.1 Å². The van der Waals surface area contributed by atoms with E-state index < -0.39 is 5.82 Å². The summed E-state index contributed by atoms with van der Waals surface area (Å²) >= 11 is 0. The molecule has 0 saturated heterocycles. The molecule has 0 aliphatic carbocycles. The van der Waals surface area contributed by atoms with E-state index in [1.807, 2.05) is 0 Å². The van der Waals surface area contributed by atoms with Crippen molar-refractivity contribution < 1.29 is 4.39 Å². The highest BCUT2D eigenvalue weighted by atomic mass is 19.1. The van der Waals surface area contributed by atoms with Crippen molar-refractivity contribution in [3.8, 4) is 11.5 Å². The average molecular weight is 232 g/mol. The molecule has 0 spiro atoms. The molecule has 0 bridgehead atoms. The fourth-order valence-electron chi connectivity index (χ4n) is 1.82. The number of aromatic amines is 1. The van der Waals surface area contributed by atoms with Crippen LogP contribution in [0.3, 0.4) is 0 Å². The van der Waals surface area contributed by atoms with Gasteiger partial charge in [0, 0.05) is 13.1 Å². The van der Waals surface area contributed by atoms with Gasteiger partial charge in [-0.1, -0.05) is 0 Å². The Morgan fingerprint density at radius 3 is 2.94 bits per heavy atom. The molecule has 3 rings (SSSR count). The van der Waals surface area contributed by atoms with E-state index in [0.717, 1.165) is 11.9 Å². The molecule has 0 amide bonds. The van der Waals surface area contributed by atoms with E-state index in [2.05, 4.69) is 20.3 Å². The average Bonchev–Trinajstić information content (AvgIpc) is 2.78. The van der Waals surface area contributed by atoms with E-state index >= 15 is 0 Å². The predicted molar refractivity (Wildman–Crippen MR) is 58.6 cm³/mol. The number of hydrogen-bond donors (Lipinski definition) is 2. The number of pyridine rings is 1. The molecule has 1 aliphatic rings. The highest BCUT2D eigenvalue weighted by molar-refractivity contribution is 5.49. The molecule has 0 atom stereocenters. The summed E-state index contributed by atoms with van der Waals surface area (Å²) in [6.07, 6.45) is 1.10. The third-order valence-corrected chi connectivity index (χ3v) is 2.67. The summed E-state index contributed by atoms with van der Waals surface area (Å²) < 4.78 is 12.7. The quantitative estimate of drug-likeness (QED) is 0.754. The fourth-order valence-corrected chi connectivity index (χ4v) is 1.82. The molecule has 86 valence electrons. The van der Waals surface area contributed by atoms with Crippen LogP contribution >= 0.6 is 0 Å². The SMILES string of the molecule is O=c1[nH]c(-c2ccc(F)cn2)nc2c1CNC2. The third-order valence-electron chi connectivity index (χ3n) is 2.67. The Morgan fingerprint density at radius 2 is 2.18 bits per heavy atom. The Bertz CT molecular complexity index is 620. The highest BCUT2D eigenvalue weighted by Gasteiger charge is 2.17. The van der Waals surface area contributed by atoms with Gasteiger partial charge in [0.15, 0.2) is 5.82 Å². The van der Waals surface area contributed by atoms with Crippen molar-refractivity contribution in [2.45, 2.75) is 13.1 Å². The van der Waals surface area contributed by atoms with Gasteiger partial charge in [-0.2, -0.15) is 0 Å². The lowest BCUT2D eigenvalue weighted by Crippen LogP contribution is -2.16. The van der Waals surface area contributed by atoms with Gasteiger partial charge in [0.2, 0.25) is 0 Å². The van der Waals surface area contributed by atoms with Crippen molar-refractivity contribution in [1.29, 1.82) is 0 Å². The summed E-state index contributed by atoms with van der Waals surface area (Å²) in [4.78, 5) is 22.6. The maximum Gasteiger partial charge on any atom is 0.256 e. The van der Waals surface area contributed by atoms with Crippen LogP contribution in [-0.4, -0.2) is 15.0 Å². The number of nitrogens with zero attached hydrogens (tertiary/aromatic N) is 2. The first-order valence-corrected chi connectivity index (χ1v) is 5.19. The number of hydrogen-bond acceptors (Lipinski definition) is 4. The van der Waals surface area contributed by atoms with Crippen LogP contribution in [0.25, 0.3) is 11.5 Å². The highest BCUT2D eigenvalue weighted by Crippen LogP contribution is 2.14. The van der Waals surface area contributed by atoms with E-state index in [9.17, 15) is 9.18 Å². The summed E-state index contributed by atoms with van der Waals surface area (Å²) in [5.41, 5.74) is 1.69.